The lowest BCUT2D eigenvalue weighted by atomic mass is 9.80. The van der Waals surface area contributed by atoms with Crippen LogP contribution in [0.15, 0.2) is 0 Å². The molecule has 2 rings (SSSR count). The second kappa shape index (κ2) is 6.02. The van der Waals surface area contributed by atoms with E-state index in [9.17, 15) is 0 Å². The third-order valence-electron chi connectivity index (χ3n) is 4.73. The van der Waals surface area contributed by atoms with Crippen LogP contribution in [0.2, 0.25) is 0 Å². The molecule has 1 saturated carbocycles. The van der Waals surface area contributed by atoms with E-state index < -0.39 is 0 Å². The van der Waals surface area contributed by atoms with E-state index in [-0.39, 0.29) is 0 Å². The van der Waals surface area contributed by atoms with Gasteiger partial charge in [-0.05, 0) is 58.2 Å². The van der Waals surface area contributed by atoms with Gasteiger partial charge in [-0.3, -0.25) is 4.90 Å². The molecule has 3 atom stereocenters. The van der Waals surface area contributed by atoms with Crippen molar-refractivity contribution in [2.75, 3.05) is 20.1 Å². The highest BCUT2D eigenvalue weighted by Gasteiger charge is 2.33. The predicted molar refractivity (Wildman–Crippen MR) is 69.7 cm³/mol. The molecule has 0 spiro atoms. The Morgan fingerprint density at radius 3 is 2.50 bits per heavy atom. The molecule has 16 heavy (non-hydrogen) atoms. The van der Waals surface area contributed by atoms with E-state index in [1.807, 2.05) is 0 Å². The summed E-state index contributed by atoms with van der Waals surface area (Å²) in [5.74, 6) is 0.983. The molecule has 1 saturated heterocycles. The summed E-state index contributed by atoms with van der Waals surface area (Å²) in [7, 11) is 2.15. The maximum atomic E-state index is 3.55. The Kier molecular flexibility index (Phi) is 4.66. The first-order valence-electron chi connectivity index (χ1n) is 7.26. The molecule has 2 nitrogen and oxygen atoms in total. The zero-order valence-corrected chi connectivity index (χ0v) is 11.0. The van der Waals surface area contributed by atoms with Crippen molar-refractivity contribution in [3.63, 3.8) is 0 Å². The smallest absolute Gasteiger partial charge is 0.0251 e. The average Bonchev–Trinajstić information content (AvgIpc) is 2.39. The number of nitrogens with one attached hydrogen (secondary N) is 1. The number of piperidine rings is 1. The topological polar surface area (TPSA) is 15.3 Å². The Bertz CT molecular complexity index is 199. The van der Waals surface area contributed by atoms with Crippen molar-refractivity contribution in [2.24, 2.45) is 5.92 Å². The second-order valence-corrected chi connectivity index (χ2v) is 5.65. The van der Waals surface area contributed by atoms with E-state index in [2.05, 4.69) is 24.2 Å². The molecule has 2 aliphatic rings. The summed E-state index contributed by atoms with van der Waals surface area (Å²) in [6, 6.07) is 1.57. The number of likely N-dealkylation sites (tertiary alicyclic amines) is 1. The van der Waals surface area contributed by atoms with E-state index in [1.165, 1.54) is 58.0 Å². The summed E-state index contributed by atoms with van der Waals surface area (Å²) < 4.78 is 0. The van der Waals surface area contributed by atoms with Gasteiger partial charge in [0, 0.05) is 12.1 Å². The Balaban J connectivity index is 1.95. The zero-order chi connectivity index (χ0) is 11.4. The predicted octanol–water partition coefficient (Wildman–Crippen LogP) is 2.64. The Morgan fingerprint density at radius 1 is 1.12 bits per heavy atom. The lowest BCUT2D eigenvalue weighted by molar-refractivity contribution is 0.0816. The molecule has 0 aromatic rings. The van der Waals surface area contributed by atoms with Crippen LogP contribution in [0.5, 0.6) is 0 Å². The van der Waals surface area contributed by atoms with Gasteiger partial charge in [-0.25, -0.2) is 0 Å². The van der Waals surface area contributed by atoms with Crippen LogP contribution < -0.4 is 5.32 Å². The van der Waals surface area contributed by atoms with E-state index in [1.54, 1.807) is 0 Å². The molecule has 0 aromatic carbocycles. The molecule has 3 unspecified atom stereocenters. The Hall–Kier alpha value is -0.0800. The quantitative estimate of drug-likeness (QED) is 0.793. The zero-order valence-electron chi connectivity index (χ0n) is 11.0. The highest BCUT2D eigenvalue weighted by molar-refractivity contribution is 4.91. The highest BCUT2D eigenvalue weighted by atomic mass is 15.2. The summed E-state index contributed by atoms with van der Waals surface area (Å²) in [5, 5.41) is 3.55. The third-order valence-corrected chi connectivity index (χ3v) is 4.73. The van der Waals surface area contributed by atoms with Gasteiger partial charge in [0.25, 0.3) is 0 Å². The van der Waals surface area contributed by atoms with Gasteiger partial charge in [0.05, 0.1) is 0 Å². The lowest BCUT2D eigenvalue weighted by Gasteiger charge is -2.44. The minimum absolute atomic E-state index is 0.751. The summed E-state index contributed by atoms with van der Waals surface area (Å²) in [4.78, 5) is 2.77. The largest absolute Gasteiger partial charge is 0.315 e. The fraction of sp³-hybridized carbons (Fsp3) is 1.00. The van der Waals surface area contributed by atoms with E-state index in [0.29, 0.717) is 0 Å². The second-order valence-electron chi connectivity index (χ2n) is 5.65. The normalized spacial score (nSPS) is 37.5. The van der Waals surface area contributed by atoms with E-state index in [0.717, 1.165) is 18.0 Å². The lowest BCUT2D eigenvalue weighted by Crippen LogP contribution is -2.53. The minimum Gasteiger partial charge on any atom is -0.315 e. The molecule has 0 aromatic heterocycles. The fourth-order valence-electron chi connectivity index (χ4n) is 3.59. The SMILES string of the molecule is CCC1CCC(NC)C(N2CCCCC2)C1. The van der Waals surface area contributed by atoms with Crippen LogP contribution in [0.1, 0.15) is 51.9 Å². The average molecular weight is 224 g/mol. The number of hydrogen-bond donors (Lipinski definition) is 1. The standard InChI is InChI=1S/C14H28N2/c1-3-12-7-8-13(15-2)14(11-12)16-9-5-4-6-10-16/h12-15H,3-11H2,1-2H3. The summed E-state index contributed by atoms with van der Waals surface area (Å²) in [5.41, 5.74) is 0. The van der Waals surface area contributed by atoms with E-state index in [4.69, 9.17) is 0 Å². The van der Waals surface area contributed by atoms with Gasteiger partial charge in [-0.2, -0.15) is 0 Å². The number of hydrogen-bond acceptors (Lipinski definition) is 2. The van der Waals surface area contributed by atoms with Crippen LogP contribution >= 0.6 is 0 Å². The van der Waals surface area contributed by atoms with Gasteiger partial charge < -0.3 is 5.32 Å². The Labute approximate surface area is 101 Å². The van der Waals surface area contributed by atoms with Gasteiger partial charge in [0.1, 0.15) is 0 Å². The van der Waals surface area contributed by atoms with Crippen molar-refractivity contribution in [1.29, 1.82) is 0 Å². The van der Waals surface area contributed by atoms with Crippen LogP contribution in [0, 0.1) is 5.92 Å². The van der Waals surface area contributed by atoms with Crippen LogP contribution in [0.4, 0.5) is 0 Å². The van der Waals surface area contributed by atoms with Crippen molar-refractivity contribution in [3.05, 3.63) is 0 Å². The molecule has 1 aliphatic carbocycles. The van der Waals surface area contributed by atoms with E-state index >= 15 is 0 Å². The molecule has 94 valence electrons. The van der Waals surface area contributed by atoms with Crippen molar-refractivity contribution < 1.29 is 0 Å². The first-order chi connectivity index (χ1) is 7.85. The van der Waals surface area contributed by atoms with Crippen molar-refractivity contribution >= 4 is 0 Å². The molecular weight excluding hydrogens is 196 g/mol. The molecule has 2 fully saturated rings. The molecule has 0 radical (unpaired) electrons. The number of rotatable bonds is 3. The van der Waals surface area contributed by atoms with Gasteiger partial charge in [-0.15, -0.1) is 0 Å². The van der Waals surface area contributed by atoms with Gasteiger partial charge >= 0.3 is 0 Å². The molecule has 0 amide bonds. The minimum atomic E-state index is 0.751. The molecule has 1 heterocycles. The van der Waals surface area contributed by atoms with Crippen LogP contribution in [-0.2, 0) is 0 Å². The van der Waals surface area contributed by atoms with Crippen molar-refractivity contribution in [1.82, 2.24) is 10.2 Å². The first kappa shape index (κ1) is 12.4. The molecule has 0 bridgehead atoms. The van der Waals surface area contributed by atoms with Crippen LogP contribution in [0.3, 0.4) is 0 Å². The van der Waals surface area contributed by atoms with Crippen LogP contribution in [0.25, 0.3) is 0 Å². The van der Waals surface area contributed by atoms with Crippen molar-refractivity contribution in [3.8, 4) is 0 Å². The maximum absolute atomic E-state index is 3.55. The highest BCUT2D eigenvalue weighted by Crippen LogP contribution is 2.31. The third kappa shape index (κ3) is 2.78. The van der Waals surface area contributed by atoms with Gasteiger partial charge in [0.2, 0.25) is 0 Å². The molecular formula is C14H28N2. The molecule has 1 N–H and O–H groups in total. The maximum Gasteiger partial charge on any atom is 0.0251 e. The first-order valence-corrected chi connectivity index (χ1v) is 7.26. The molecule has 1 aliphatic heterocycles. The Morgan fingerprint density at radius 2 is 1.88 bits per heavy atom. The summed E-state index contributed by atoms with van der Waals surface area (Å²) in [6.07, 6.45) is 9.92. The van der Waals surface area contributed by atoms with Crippen molar-refractivity contribution in [2.45, 2.75) is 64.0 Å². The number of likely N-dealkylation sites (N-methyl/N-ethyl adjacent to an activating group) is 1. The number of nitrogens with zero attached hydrogens (tertiary/aromatic N) is 1. The fourth-order valence-corrected chi connectivity index (χ4v) is 3.59. The van der Waals surface area contributed by atoms with Crippen LogP contribution in [-0.4, -0.2) is 37.1 Å². The summed E-state index contributed by atoms with van der Waals surface area (Å²) >= 11 is 0. The van der Waals surface area contributed by atoms with Gasteiger partial charge in [0.15, 0.2) is 0 Å². The summed E-state index contributed by atoms with van der Waals surface area (Å²) in [6.45, 7) is 5.05. The monoisotopic (exact) mass is 224 g/mol. The molecule has 2 heteroatoms. The van der Waals surface area contributed by atoms with Gasteiger partial charge in [-0.1, -0.05) is 19.8 Å².